The third-order valence-corrected chi connectivity index (χ3v) is 4.29. The zero-order chi connectivity index (χ0) is 16.1. The topological polar surface area (TPSA) is 47.4 Å². The molecule has 0 aromatic carbocycles. The Morgan fingerprint density at radius 1 is 1.23 bits per heavy atom. The smallest absolute Gasteiger partial charge is 0.272 e. The summed E-state index contributed by atoms with van der Waals surface area (Å²) < 4.78 is 7.65. The van der Waals surface area contributed by atoms with Gasteiger partial charge < -0.3 is 9.64 Å². The molecule has 2 fully saturated rings. The van der Waals surface area contributed by atoms with E-state index in [1.165, 1.54) is 12.8 Å². The van der Waals surface area contributed by atoms with Crippen molar-refractivity contribution >= 4 is 5.91 Å². The van der Waals surface area contributed by atoms with Crippen molar-refractivity contribution in [1.82, 2.24) is 14.7 Å². The lowest BCUT2D eigenvalue weighted by Gasteiger charge is -2.35. The molecule has 1 saturated heterocycles. The van der Waals surface area contributed by atoms with Gasteiger partial charge in [0.05, 0.1) is 23.4 Å². The highest BCUT2D eigenvalue weighted by molar-refractivity contribution is 5.93. The molecular formula is C17H27N3O2. The molecule has 1 aromatic rings. The van der Waals surface area contributed by atoms with Crippen LogP contribution in [-0.2, 0) is 10.3 Å². The summed E-state index contributed by atoms with van der Waals surface area (Å²) in [6.45, 7) is 11.6. The maximum Gasteiger partial charge on any atom is 0.272 e. The Morgan fingerprint density at radius 3 is 2.32 bits per heavy atom. The van der Waals surface area contributed by atoms with E-state index in [9.17, 15) is 4.79 Å². The van der Waals surface area contributed by atoms with Gasteiger partial charge in [-0.05, 0) is 53.5 Å². The number of morpholine rings is 1. The predicted molar refractivity (Wildman–Crippen MR) is 85.1 cm³/mol. The van der Waals surface area contributed by atoms with E-state index in [2.05, 4.69) is 20.8 Å². The maximum absolute atomic E-state index is 13.0. The Bertz CT molecular complexity index is 559. The van der Waals surface area contributed by atoms with E-state index in [-0.39, 0.29) is 23.7 Å². The minimum Gasteiger partial charge on any atom is -0.372 e. The lowest BCUT2D eigenvalue weighted by atomic mass is 10.1. The van der Waals surface area contributed by atoms with Gasteiger partial charge in [0.15, 0.2) is 0 Å². The second-order valence-corrected chi connectivity index (χ2v) is 7.78. The summed E-state index contributed by atoms with van der Waals surface area (Å²) in [4.78, 5) is 14.9. The van der Waals surface area contributed by atoms with Gasteiger partial charge in [-0.15, -0.1) is 0 Å². The highest BCUT2D eigenvalue weighted by Gasteiger charge is 2.34. The quantitative estimate of drug-likeness (QED) is 0.844. The van der Waals surface area contributed by atoms with E-state index in [0.29, 0.717) is 19.0 Å². The number of nitrogens with zero attached hydrogens (tertiary/aromatic N) is 3. The van der Waals surface area contributed by atoms with Gasteiger partial charge in [-0.25, -0.2) is 0 Å². The molecule has 1 amide bonds. The molecule has 0 radical (unpaired) electrons. The fourth-order valence-corrected chi connectivity index (χ4v) is 3.15. The van der Waals surface area contributed by atoms with Crippen molar-refractivity contribution < 1.29 is 9.53 Å². The minimum absolute atomic E-state index is 0.0799. The molecule has 5 nitrogen and oxygen atoms in total. The van der Waals surface area contributed by atoms with E-state index in [4.69, 9.17) is 9.84 Å². The minimum atomic E-state index is -0.193. The van der Waals surface area contributed by atoms with Crippen LogP contribution in [0.3, 0.4) is 0 Å². The molecule has 2 aliphatic rings. The first-order valence-corrected chi connectivity index (χ1v) is 8.31. The van der Waals surface area contributed by atoms with Gasteiger partial charge in [0.25, 0.3) is 5.91 Å². The van der Waals surface area contributed by atoms with Crippen LogP contribution in [-0.4, -0.2) is 45.9 Å². The standard InChI is InChI=1S/C17H27N3O2/c1-11-9-19(10-12(2)22-11)16(21)15-8-14(13-6-7-13)18-20(15)17(3,4)5/h8,11-13H,6-7,9-10H2,1-5H3/t11-,12-/m0/s1. The normalized spacial score (nSPS) is 26.3. The van der Waals surface area contributed by atoms with Gasteiger partial charge in [0.2, 0.25) is 0 Å². The molecule has 1 aliphatic heterocycles. The molecule has 2 heterocycles. The Balaban J connectivity index is 1.90. The van der Waals surface area contributed by atoms with Gasteiger partial charge >= 0.3 is 0 Å². The number of amides is 1. The van der Waals surface area contributed by atoms with Crippen molar-refractivity contribution in [3.63, 3.8) is 0 Å². The van der Waals surface area contributed by atoms with Gasteiger partial charge in [0, 0.05) is 19.0 Å². The molecule has 1 aromatic heterocycles. The molecule has 0 N–H and O–H groups in total. The molecule has 22 heavy (non-hydrogen) atoms. The summed E-state index contributed by atoms with van der Waals surface area (Å²) in [6.07, 6.45) is 2.56. The van der Waals surface area contributed by atoms with E-state index in [1.807, 2.05) is 29.5 Å². The van der Waals surface area contributed by atoms with Gasteiger partial charge in [-0.1, -0.05) is 0 Å². The van der Waals surface area contributed by atoms with Crippen LogP contribution in [0.2, 0.25) is 0 Å². The van der Waals surface area contributed by atoms with E-state index in [0.717, 1.165) is 11.4 Å². The van der Waals surface area contributed by atoms with Crippen LogP contribution < -0.4 is 0 Å². The first kappa shape index (κ1) is 15.5. The molecule has 0 unspecified atom stereocenters. The van der Waals surface area contributed by atoms with Crippen LogP contribution in [0.15, 0.2) is 6.07 Å². The molecule has 1 aliphatic carbocycles. The maximum atomic E-state index is 13.0. The summed E-state index contributed by atoms with van der Waals surface area (Å²) in [5, 5.41) is 4.74. The summed E-state index contributed by atoms with van der Waals surface area (Å²) >= 11 is 0. The second kappa shape index (κ2) is 5.37. The van der Waals surface area contributed by atoms with Crippen LogP contribution in [0.25, 0.3) is 0 Å². The van der Waals surface area contributed by atoms with Crippen molar-refractivity contribution in [3.8, 4) is 0 Å². The fourth-order valence-electron chi connectivity index (χ4n) is 3.15. The molecule has 2 atom stereocenters. The molecule has 122 valence electrons. The molecule has 3 rings (SSSR count). The van der Waals surface area contributed by atoms with Gasteiger partial charge in [-0.2, -0.15) is 5.10 Å². The molecular weight excluding hydrogens is 278 g/mol. The van der Waals surface area contributed by atoms with Crippen molar-refractivity contribution in [2.24, 2.45) is 0 Å². The third kappa shape index (κ3) is 3.05. The lowest BCUT2D eigenvalue weighted by Crippen LogP contribution is -2.49. The third-order valence-electron chi connectivity index (χ3n) is 4.29. The van der Waals surface area contributed by atoms with Crippen molar-refractivity contribution in [3.05, 3.63) is 17.5 Å². The monoisotopic (exact) mass is 305 g/mol. The van der Waals surface area contributed by atoms with Crippen molar-refractivity contribution in [1.29, 1.82) is 0 Å². The Labute approximate surface area is 132 Å². The van der Waals surface area contributed by atoms with Crippen LogP contribution in [0.1, 0.15) is 69.6 Å². The lowest BCUT2D eigenvalue weighted by molar-refractivity contribution is -0.0589. The SMILES string of the molecule is C[C@H]1CN(C(=O)c2cc(C3CC3)nn2C(C)(C)C)C[C@H](C)O1. The molecule has 0 spiro atoms. The van der Waals surface area contributed by atoms with Crippen molar-refractivity contribution in [2.45, 2.75) is 71.1 Å². The zero-order valence-corrected chi connectivity index (χ0v) is 14.3. The summed E-state index contributed by atoms with van der Waals surface area (Å²) in [5.41, 5.74) is 1.60. The highest BCUT2D eigenvalue weighted by Crippen LogP contribution is 2.40. The Kier molecular flexibility index (Phi) is 3.79. The highest BCUT2D eigenvalue weighted by atomic mass is 16.5. The van der Waals surface area contributed by atoms with Crippen LogP contribution >= 0.6 is 0 Å². The van der Waals surface area contributed by atoms with Crippen LogP contribution in [0.5, 0.6) is 0 Å². The molecule has 5 heteroatoms. The van der Waals surface area contributed by atoms with Crippen LogP contribution in [0, 0.1) is 0 Å². The van der Waals surface area contributed by atoms with Crippen LogP contribution in [0.4, 0.5) is 0 Å². The number of carbonyl (C=O) groups is 1. The Morgan fingerprint density at radius 2 is 1.82 bits per heavy atom. The summed E-state index contributed by atoms with van der Waals surface area (Å²) in [7, 11) is 0. The average molecular weight is 305 g/mol. The number of hydrogen-bond acceptors (Lipinski definition) is 3. The summed E-state index contributed by atoms with van der Waals surface area (Å²) in [5.74, 6) is 0.633. The molecule has 0 bridgehead atoms. The molecule has 1 saturated carbocycles. The second-order valence-electron chi connectivity index (χ2n) is 7.78. The fraction of sp³-hybridized carbons (Fsp3) is 0.765. The largest absolute Gasteiger partial charge is 0.372 e. The van der Waals surface area contributed by atoms with E-state index in [1.54, 1.807) is 0 Å². The van der Waals surface area contributed by atoms with Gasteiger partial charge in [0.1, 0.15) is 5.69 Å². The van der Waals surface area contributed by atoms with E-state index < -0.39 is 0 Å². The Hall–Kier alpha value is -1.36. The predicted octanol–water partition coefficient (Wildman–Crippen LogP) is 2.76. The first-order chi connectivity index (χ1) is 10.3. The number of aromatic nitrogens is 2. The number of ether oxygens (including phenoxy) is 1. The van der Waals surface area contributed by atoms with E-state index >= 15 is 0 Å². The first-order valence-electron chi connectivity index (χ1n) is 8.31. The summed E-state index contributed by atoms with van der Waals surface area (Å²) in [6, 6.07) is 2.01. The number of hydrogen-bond donors (Lipinski definition) is 0. The average Bonchev–Trinajstić information content (AvgIpc) is 3.14. The zero-order valence-electron chi connectivity index (χ0n) is 14.3. The van der Waals surface area contributed by atoms with Crippen molar-refractivity contribution in [2.75, 3.05) is 13.1 Å². The number of carbonyl (C=O) groups excluding carboxylic acids is 1. The number of rotatable bonds is 2. The van der Waals surface area contributed by atoms with Gasteiger partial charge in [-0.3, -0.25) is 9.48 Å².